The molecule has 0 amide bonds. The summed E-state index contributed by atoms with van der Waals surface area (Å²) in [6.07, 6.45) is 0.823. The van der Waals surface area contributed by atoms with E-state index in [4.69, 9.17) is 14.6 Å². The quantitative estimate of drug-likeness (QED) is 0.722. The highest BCUT2D eigenvalue weighted by atomic mass is 16.5. The van der Waals surface area contributed by atoms with Crippen LogP contribution in [0.3, 0.4) is 0 Å². The topological polar surface area (TPSA) is 85.6 Å². The van der Waals surface area contributed by atoms with Crippen LogP contribution in [0.4, 0.5) is 5.82 Å². The zero-order valence-corrected chi connectivity index (χ0v) is 15.0. The van der Waals surface area contributed by atoms with Gasteiger partial charge in [-0.05, 0) is 36.8 Å². The smallest absolute Gasteiger partial charge is 0.335 e. The van der Waals surface area contributed by atoms with Gasteiger partial charge in [0.05, 0.1) is 25.5 Å². The average molecular weight is 365 g/mol. The summed E-state index contributed by atoms with van der Waals surface area (Å²) < 4.78 is 12.7. The van der Waals surface area contributed by atoms with Gasteiger partial charge < -0.3 is 19.9 Å². The summed E-state index contributed by atoms with van der Waals surface area (Å²) in [6.45, 7) is 0.797. The molecule has 27 heavy (non-hydrogen) atoms. The molecule has 0 atom stereocenters. The van der Waals surface area contributed by atoms with Crippen LogP contribution in [0.25, 0.3) is 16.9 Å². The first-order chi connectivity index (χ1) is 13.1. The number of rotatable bonds is 5. The zero-order valence-electron chi connectivity index (χ0n) is 15.0. The van der Waals surface area contributed by atoms with E-state index in [-0.39, 0.29) is 5.56 Å². The van der Waals surface area contributed by atoms with Gasteiger partial charge in [0.25, 0.3) is 0 Å². The second kappa shape index (κ2) is 6.68. The largest absolute Gasteiger partial charge is 0.493 e. The molecule has 0 unspecified atom stereocenters. The van der Waals surface area contributed by atoms with Crippen molar-refractivity contribution in [3.63, 3.8) is 0 Å². The lowest BCUT2D eigenvalue weighted by atomic mass is 10.1. The zero-order chi connectivity index (χ0) is 19.0. The lowest BCUT2D eigenvalue weighted by Crippen LogP contribution is -2.06. The van der Waals surface area contributed by atoms with Crippen LogP contribution in [0.2, 0.25) is 0 Å². The summed E-state index contributed by atoms with van der Waals surface area (Å²) in [4.78, 5) is 11.3. The number of fused-ring (bicyclic) bond motifs is 1. The van der Waals surface area contributed by atoms with Gasteiger partial charge in [-0.15, -0.1) is 0 Å². The Balaban J connectivity index is 1.90. The molecule has 3 aromatic rings. The van der Waals surface area contributed by atoms with Crippen molar-refractivity contribution in [2.45, 2.75) is 6.42 Å². The summed E-state index contributed by atoms with van der Waals surface area (Å²) in [5, 5.41) is 17.4. The molecule has 2 aromatic carbocycles. The van der Waals surface area contributed by atoms with Crippen LogP contribution >= 0.6 is 0 Å². The van der Waals surface area contributed by atoms with Gasteiger partial charge in [-0.3, -0.25) is 0 Å². The minimum atomic E-state index is -0.969. The molecule has 2 heterocycles. The van der Waals surface area contributed by atoms with E-state index in [1.807, 2.05) is 24.3 Å². The van der Waals surface area contributed by atoms with Crippen molar-refractivity contribution in [3.05, 3.63) is 53.6 Å². The number of hydrogen-bond donors (Lipinski definition) is 2. The fraction of sp³-hybridized carbons (Fsp3) is 0.200. The molecule has 138 valence electrons. The Morgan fingerprint density at radius 2 is 2.00 bits per heavy atom. The van der Waals surface area contributed by atoms with Crippen LogP contribution in [-0.2, 0) is 6.42 Å². The molecular formula is C20H19N3O4. The van der Waals surface area contributed by atoms with E-state index in [0.717, 1.165) is 35.6 Å². The molecule has 0 spiro atoms. The second-order valence-electron chi connectivity index (χ2n) is 6.16. The van der Waals surface area contributed by atoms with E-state index in [0.29, 0.717) is 17.2 Å². The molecule has 7 heteroatoms. The molecule has 0 fully saturated rings. The van der Waals surface area contributed by atoms with Gasteiger partial charge in [0.1, 0.15) is 11.5 Å². The number of hydrogen-bond acceptors (Lipinski definition) is 5. The molecular weight excluding hydrogens is 346 g/mol. The maximum atomic E-state index is 11.3. The van der Waals surface area contributed by atoms with Gasteiger partial charge in [0.15, 0.2) is 11.5 Å². The number of nitrogens with zero attached hydrogens (tertiary/aromatic N) is 2. The lowest BCUT2D eigenvalue weighted by molar-refractivity contribution is 0.0697. The van der Waals surface area contributed by atoms with E-state index in [1.54, 1.807) is 37.1 Å². The van der Waals surface area contributed by atoms with E-state index >= 15 is 0 Å². The highest BCUT2D eigenvalue weighted by Gasteiger charge is 2.26. The number of carboxylic acids is 1. The molecule has 0 aliphatic carbocycles. The average Bonchev–Trinajstić information content (AvgIpc) is 3.30. The third kappa shape index (κ3) is 2.77. The molecule has 2 N–H and O–H groups in total. The summed E-state index contributed by atoms with van der Waals surface area (Å²) in [7, 11) is 3.21. The van der Waals surface area contributed by atoms with Crippen LogP contribution in [0.15, 0.2) is 42.5 Å². The monoisotopic (exact) mass is 365 g/mol. The van der Waals surface area contributed by atoms with Crippen LogP contribution in [0, 0.1) is 0 Å². The highest BCUT2D eigenvalue weighted by molar-refractivity contribution is 5.88. The minimum absolute atomic E-state index is 0.218. The van der Waals surface area contributed by atoms with Gasteiger partial charge in [0, 0.05) is 17.7 Å². The number of carbonyl (C=O) groups is 1. The summed E-state index contributed by atoms with van der Waals surface area (Å²) in [5.74, 6) is 1.16. The molecule has 7 nitrogen and oxygen atoms in total. The Hall–Kier alpha value is -3.48. The molecule has 1 aliphatic rings. The van der Waals surface area contributed by atoms with Gasteiger partial charge >= 0.3 is 5.97 Å². The lowest BCUT2D eigenvalue weighted by Gasteiger charge is -2.11. The Morgan fingerprint density at radius 3 is 2.74 bits per heavy atom. The number of nitrogens with one attached hydrogen (secondary N) is 1. The standard InChI is InChI=1S/C20H19N3O4/c1-26-16-8-4-7-14(18(16)27-2)17-15-9-10-21-19(15)23(22-17)13-6-3-5-12(11-13)20(24)25/h3-8,11,21H,9-10H2,1-2H3,(H,24,25). The van der Waals surface area contributed by atoms with Gasteiger partial charge in [0.2, 0.25) is 0 Å². The number of aromatic nitrogens is 2. The summed E-state index contributed by atoms with van der Waals surface area (Å²) >= 11 is 0. The molecule has 1 aromatic heterocycles. The third-order valence-corrected chi connectivity index (χ3v) is 4.65. The van der Waals surface area contributed by atoms with E-state index < -0.39 is 5.97 Å². The number of benzene rings is 2. The number of carboxylic acid groups (broad SMARTS) is 1. The minimum Gasteiger partial charge on any atom is -0.493 e. The molecule has 4 rings (SSSR count). The Kier molecular flexibility index (Phi) is 4.19. The Morgan fingerprint density at radius 1 is 1.19 bits per heavy atom. The van der Waals surface area contributed by atoms with Crippen molar-refractivity contribution < 1.29 is 19.4 Å². The van der Waals surface area contributed by atoms with Gasteiger partial charge in [-0.1, -0.05) is 12.1 Å². The first-order valence-electron chi connectivity index (χ1n) is 8.55. The maximum Gasteiger partial charge on any atom is 0.335 e. The van der Waals surface area contributed by atoms with Crippen molar-refractivity contribution >= 4 is 11.8 Å². The fourth-order valence-corrected chi connectivity index (χ4v) is 3.42. The number of ether oxygens (including phenoxy) is 2. The second-order valence-corrected chi connectivity index (χ2v) is 6.16. The highest BCUT2D eigenvalue weighted by Crippen LogP contribution is 2.42. The maximum absolute atomic E-state index is 11.3. The van der Waals surface area contributed by atoms with E-state index in [9.17, 15) is 9.90 Å². The molecule has 0 bridgehead atoms. The van der Waals surface area contributed by atoms with Gasteiger partial charge in [-0.2, -0.15) is 5.10 Å². The fourth-order valence-electron chi connectivity index (χ4n) is 3.42. The van der Waals surface area contributed by atoms with Crippen molar-refractivity contribution in [1.29, 1.82) is 0 Å². The predicted molar refractivity (Wildman–Crippen MR) is 101 cm³/mol. The molecule has 0 saturated carbocycles. The van der Waals surface area contributed by atoms with Crippen LogP contribution in [0.1, 0.15) is 15.9 Å². The normalized spacial score (nSPS) is 12.4. The van der Waals surface area contributed by atoms with Gasteiger partial charge in [-0.25, -0.2) is 9.48 Å². The number of para-hydroxylation sites is 1. The first kappa shape index (κ1) is 17.0. The summed E-state index contributed by atoms with van der Waals surface area (Å²) in [6, 6.07) is 12.4. The predicted octanol–water partition coefficient (Wildman–Crippen LogP) is 3.22. The third-order valence-electron chi connectivity index (χ3n) is 4.65. The molecule has 1 aliphatic heterocycles. The Bertz CT molecular complexity index is 1030. The van der Waals surface area contributed by atoms with Crippen molar-refractivity contribution in [2.24, 2.45) is 0 Å². The summed E-state index contributed by atoms with van der Waals surface area (Å²) in [5.41, 5.74) is 3.61. The van der Waals surface area contributed by atoms with Crippen LogP contribution < -0.4 is 14.8 Å². The molecule has 0 radical (unpaired) electrons. The van der Waals surface area contributed by atoms with E-state index in [1.165, 1.54) is 0 Å². The SMILES string of the molecule is COc1cccc(-c2nn(-c3cccc(C(=O)O)c3)c3c2CCN3)c1OC. The Labute approximate surface area is 156 Å². The van der Waals surface area contributed by atoms with Crippen molar-refractivity contribution in [1.82, 2.24) is 9.78 Å². The molecule has 0 saturated heterocycles. The van der Waals surface area contributed by atoms with Crippen LogP contribution in [-0.4, -0.2) is 41.6 Å². The number of methoxy groups -OCH3 is 2. The van der Waals surface area contributed by atoms with E-state index in [2.05, 4.69) is 5.32 Å². The van der Waals surface area contributed by atoms with Crippen molar-refractivity contribution in [3.8, 4) is 28.4 Å². The number of aromatic carboxylic acids is 1. The first-order valence-corrected chi connectivity index (χ1v) is 8.55. The number of anilines is 1. The van der Waals surface area contributed by atoms with Crippen molar-refractivity contribution in [2.75, 3.05) is 26.1 Å². The van der Waals surface area contributed by atoms with Crippen LogP contribution in [0.5, 0.6) is 11.5 Å².